The molecule has 3 heterocycles. The van der Waals surface area contributed by atoms with E-state index in [-0.39, 0.29) is 48.7 Å². The van der Waals surface area contributed by atoms with E-state index in [0.717, 1.165) is 85.3 Å². The number of nitrogens with zero attached hydrogens (tertiary/aromatic N) is 3. The number of aromatic nitrogens is 2. The van der Waals surface area contributed by atoms with Crippen LogP contribution in [-0.2, 0) is 20.7 Å². The van der Waals surface area contributed by atoms with E-state index in [1.807, 2.05) is 12.1 Å². The van der Waals surface area contributed by atoms with Gasteiger partial charge in [-0.25, -0.2) is 0 Å². The molecule has 4 aliphatic rings. The first-order chi connectivity index (χ1) is 29.0. The number of carbonyl (C=O) groups excluding carboxylic acids is 1. The SMILES string of the molecule is C=CCO[C@@]12Oc3ccc(Oc4ccc(OC)c(C=O)c4)cc3[C@H]3[C@H](CCCCO)[C@@H](CCCCO)C=C(C(=NOC4CCCCO4)C[C@@H]1SCCc1cnccn1)[C@H]32. The maximum Gasteiger partial charge on any atom is 0.230 e. The Kier molecular flexibility index (Phi) is 15.1. The smallest absolute Gasteiger partial charge is 0.230 e. The fourth-order valence-electron chi connectivity index (χ4n) is 9.23. The molecule has 2 aromatic carbocycles. The molecule has 12 nitrogen and oxygen atoms in total. The number of benzene rings is 2. The number of fused-ring (bicyclic) bond motifs is 2. The topological polar surface area (TPSA) is 151 Å². The van der Waals surface area contributed by atoms with Gasteiger partial charge in [-0.05, 0) is 98.1 Å². The molecule has 2 aliphatic carbocycles. The second kappa shape index (κ2) is 20.8. The number of aldehydes is 1. The van der Waals surface area contributed by atoms with E-state index in [4.69, 9.17) is 33.7 Å². The lowest BCUT2D eigenvalue weighted by molar-refractivity contribution is -0.223. The molecule has 2 N–H and O–H groups in total. The number of rotatable bonds is 21. The highest BCUT2D eigenvalue weighted by Crippen LogP contribution is 2.62. The van der Waals surface area contributed by atoms with Crippen LogP contribution in [0.3, 0.4) is 0 Å². The third kappa shape index (κ3) is 9.86. The van der Waals surface area contributed by atoms with Crippen molar-refractivity contribution in [3.05, 3.63) is 96.1 Å². The first kappa shape index (κ1) is 42.8. The van der Waals surface area contributed by atoms with E-state index in [2.05, 4.69) is 28.7 Å². The first-order valence-electron chi connectivity index (χ1n) is 21.0. The van der Waals surface area contributed by atoms with Gasteiger partial charge in [0.1, 0.15) is 23.0 Å². The number of hydrogen-bond acceptors (Lipinski definition) is 13. The Labute approximate surface area is 351 Å². The number of ether oxygens (including phenoxy) is 5. The molecule has 59 heavy (non-hydrogen) atoms. The molecular weight excluding hydrogens is 771 g/mol. The van der Waals surface area contributed by atoms with Crippen molar-refractivity contribution in [2.45, 2.75) is 93.9 Å². The quantitative estimate of drug-likeness (QED) is 0.0461. The van der Waals surface area contributed by atoms with Crippen LogP contribution in [0, 0.1) is 17.8 Å². The third-order valence-corrected chi connectivity index (χ3v) is 13.2. The van der Waals surface area contributed by atoms with Crippen LogP contribution in [0.2, 0.25) is 0 Å². The molecule has 1 saturated carbocycles. The van der Waals surface area contributed by atoms with Gasteiger partial charge in [0.25, 0.3) is 0 Å². The van der Waals surface area contributed by atoms with Gasteiger partial charge in [-0.2, -0.15) is 11.8 Å². The Balaban J connectivity index is 1.36. The maximum absolute atomic E-state index is 11.9. The summed E-state index contributed by atoms with van der Waals surface area (Å²) in [5.41, 5.74) is 4.22. The highest BCUT2D eigenvalue weighted by atomic mass is 32.2. The maximum atomic E-state index is 11.9. The van der Waals surface area contributed by atoms with Crippen LogP contribution in [0.5, 0.6) is 23.0 Å². The van der Waals surface area contributed by atoms with Gasteiger partial charge in [0.05, 0.1) is 48.5 Å². The minimum absolute atomic E-state index is 0.106. The standard InChI is InChI=1S/C46H57N3O9S/c1-3-22-55-46-42(59-24-17-33-29-47-18-19-48-33)28-39(49-58-43-12-6-9-23-54-43)37-26-31(10-4-7-20-50)36(11-5-8-21-51)44(45(37)46)38-27-35(14-16-41(38)57-46)56-34-13-15-40(53-2)32(25-34)30-52/h3,13-16,18-19,25-27,29-31,36,42-45,50-51H,1,4-12,17,20-24,28H2,2H3/t31-,36+,42-,43?,44+,45+,46+/m0/s1. The number of aliphatic hydroxyl groups is 2. The summed E-state index contributed by atoms with van der Waals surface area (Å²) in [7, 11) is 1.53. The van der Waals surface area contributed by atoms with Gasteiger partial charge < -0.3 is 38.7 Å². The molecule has 0 radical (unpaired) electrons. The van der Waals surface area contributed by atoms with Gasteiger partial charge in [-0.15, -0.1) is 6.58 Å². The predicted molar refractivity (Wildman–Crippen MR) is 226 cm³/mol. The number of allylic oxidation sites excluding steroid dienone is 1. The first-order valence-corrected chi connectivity index (χ1v) is 22.1. The Morgan fingerprint density at radius 3 is 2.63 bits per heavy atom. The van der Waals surface area contributed by atoms with Crippen LogP contribution in [0.4, 0.5) is 0 Å². The van der Waals surface area contributed by atoms with Crippen LogP contribution < -0.4 is 14.2 Å². The summed E-state index contributed by atoms with van der Waals surface area (Å²) in [4.78, 5) is 27.0. The lowest BCUT2D eigenvalue weighted by Gasteiger charge is -2.58. The highest BCUT2D eigenvalue weighted by Gasteiger charge is 2.64. The molecule has 0 spiro atoms. The van der Waals surface area contributed by atoms with Crippen molar-refractivity contribution in [3.8, 4) is 23.0 Å². The monoisotopic (exact) mass is 827 g/mol. The van der Waals surface area contributed by atoms with Crippen molar-refractivity contribution in [2.75, 3.05) is 39.3 Å². The zero-order valence-corrected chi connectivity index (χ0v) is 34.7. The largest absolute Gasteiger partial charge is 0.496 e. The molecule has 2 fully saturated rings. The van der Waals surface area contributed by atoms with Gasteiger partial charge in [-0.1, -0.05) is 30.1 Å². The zero-order valence-electron chi connectivity index (χ0n) is 33.9. The van der Waals surface area contributed by atoms with Crippen molar-refractivity contribution in [3.63, 3.8) is 0 Å². The Morgan fingerprint density at radius 2 is 1.88 bits per heavy atom. The van der Waals surface area contributed by atoms with Crippen molar-refractivity contribution in [2.24, 2.45) is 22.9 Å². The van der Waals surface area contributed by atoms with Gasteiger partial charge in [-0.3, -0.25) is 14.8 Å². The lowest BCUT2D eigenvalue weighted by atomic mass is 9.56. The number of carbonyl (C=O) groups is 1. The van der Waals surface area contributed by atoms with Gasteiger partial charge in [0, 0.05) is 62.5 Å². The number of unbranched alkanes of at least 4 members (excludes halogenated alkanes) is 2. The summed E-state index contributed by atoms with van der Waals surface area (Å²) in [5, 5.41) is 24.6. The second-order valence-corrected chi connectivity index (χ2v) is 16.9. The van der Waals surface area contributed by atoms with E-state index >= 15 is 0 Å². The second-order valence-electron chi connectivity index (χ2n) is 15.6. The van der Waals surface area contributed by atoms with Crippen molar-refractivity contribution < 1.29 is 43.5 Å². The Morgan fingerprint density at radius 1 is 1.05 bits per heavy atom. The summed E-state index contributed by atoms with van der Waals surface area (Å²) in [5.74, 6) is 1.82. The fraction of sp³-hybridized carbons (Fsp3) is 0.522. The van der Waals surface area contributed by atoms with Crippen LogP contribution in [-0.4, -0.2) is 88.8 Å². The average Bonchev–Trinajstić information content (AvgIpc) is 3.27. The van der Waals surface area contributed by atoms with Crippen LogP contribution >= 0.6 is 11.8 Å². The molecule has 13 heteroatoms. The average molecular weight is 828 g/mol. The van der Waals surface area contributed by atoms with E-state index in [9.17, 15) is 15.0 Å². The molecule has 1 aromatic heterocycles. The molecule has 1 saturated heterocycles. The molecule has 1 unspecified atom stereocenters. The fourth-order valence-corrected chi connectivity index (χ4v) is 10.6. The minimum Gasteiger partial charge on any atom is -0.496 e. The molecule has 0 amide bonds. The molecule has 7 rings (SSSR count). The van der Waals surface area contributed by atoms with E-state index in [0.29, 0.717) is 55.1 Å². The normalized spacial score (nSPS) is 26.5. The number of methoxy groups -OCH3 is 1. The predicted octanol–water partition coefficient (Wildman–Crippen LogP) is 8.23. The number of aliphatic hydroxyl groups excluding tert-OH is 2. The molecule has 7 atom stereocenters. The number of oxime groups is 1. The highest BCUT2D eigenvalue weighted by molar-refractivity contribution is 8.00. The third-order valence-electron chi connectivity index (χ3n) is 11.9. The van der Waals surface area contributed by atoms with Crippen LogP contribution in [0.25, 0.3) is 0 Å². The summed E-state index contributed by atoms with van der Waals surface area (Å²) in [6.07, 6.45) is 18.6. The van der Waals surface area contributed by atoms with Crippen LogP contribution in [0.15, 0.2) is 84.4 Å². The molecule has 316 valence electrons. The number of thioether (sulfide) groups is 1. The van der Waals surface area contributed by atoms with E-state index < -0.39 is 12.1 Å². The molecule has 0 bridgehead atoms. The summed E-state index contributed by atoms with van der Waals surface area (Å²) < 4.78 is 32.2. The van der Waals surface area contributed by atoms with Gasteiger partial charge >= 0.3 is 0 Å². The number of hydrogen-bond donors (Lipinski definition) is 2. The molecular formula is C46H57N3O9S. The molecule has 3 aromatic rings. The van der Waals surface area contributed by atoms with Crippen LogP contribution in [0.1, 0.15) is 91.7 Å². The van der Waals surface area contributed by atoms with E-state index in [1.165, 1.54) is 7.11 Å². The van der Waals surface area contributed by atoms with Gasteiger partial charge in [0.15, 0.2) is 6.29 Å². The number of aryl methyl sites for hydroxylation is 1. The van der Waals surface area contributed by atoms with Crippen molar-refractivity contribution >= 4 is 23.8 Å². The summed E-state index contributed by atoms with van der Waals surface area (Å²) in [6.45, 7) is 5.22. The van der Waals surface area contributed by atoms with Gasteiger partial charge in [0.2, 0.25) is 12.1 Å². The van der Waals surface area contributed by atoms with Crippen molar-refractivity contribution in [1.82, 2.24) is 9.97 Å². The van der Waals surface area contributed by atoms with E-state index in [1.54, 1.807) is 54.6 Å². The summed E-state index contributed by atoms with van der Waals surface area (Å²) >= 11 is 1.79. The zero-order chi connectivity index (χ0) is 41.0. The Bertz CT molecular complexity index is 1920. The minimum atomic E-state index is -1.10. The molecule has 2 aliphatic heterocycles. The summed E-state index contributed by atoms with van der Waals surface area (Å²) in [6, 6.07) is 11.1. The Hall–Kier alpha value is -4.27. The lowest BCUT2D eigenvalue weighted by Crippen LogP contribution is -2.64. The van der Waals surface area contributed by atoms with Crippen molar-refractivity contribution in [1.29, 1.82) is 0 Å².